The lowest BCUT2D eigenvalue weighted by Crippen LogP contribution is -2.45. The Morgan fingerprint density at radius 1 is 1.37 bits per heavy atom. The first-order valence-electron chi connectivity index (χ1n) is 6.48. The Morgan fingerprint density at radius 2 is 1.95 bits per heavy atom. The third-order valence-electron chi connectivity index (χ3n) is 4.01. The van der Waals surface area contributed by atoms with Crippen molar-refractivity contribution in [3.8, 4) is 0 Å². The second-order valence-electron chi connectivity index (χ2n) is 5.45. The molecule has 0 aromatic heterocycles. The Labute approximate surface area is 122 Å². The molecule has 5 heteroatoms. The van der Waals surface area contributed by atoms with Crippen molar-refractivity contribution in [3.05, 3.63) is 34.3 Å². The SMILES string of the molecule is CC1(/C(N)=N/O)CCN(Cc2ccc(Br)cc2)CC1. The Hall–Kier alpha value is -1.07. The summed E-state index contributed by atoms with van der Waals surface area (Å²) < 4.78 is 1.11. The van der Waals surface area contributed by atoms with Gasteiger partial charge in [-0.05, 0) is 43.6 Å². The molecule has 0 spiro atoms. The van der Waals surface area contributed by atoms with Crippen LogP contribution >= 0.6 is 15.9 Å². The minimum Gasteiger partial charge on any atom is -0.409 e. The molecule has 1 fully saturated rings. The molecule has 19 heavy (non-hydrogen) atoms. The zero-order chi connectivity index (χ0) is 13.9. The molecular formula is C14H20BrN3O. The summed E-state index contributed by atoms with van der Waals surface area (Å²) in [5.41, 5.74) is 6.93. The first-order valence-corrected chi connectivity index (χ1v) is 7.27. The van der Waals surface area contributed by atoms with E-state index in [-0.39, 0.29) is 5.41 Å². The van der Waals surface area contributed by atoms with Gasteiger partial charge >= 0.3 is 0 Å². The number of benzene rings is 1. The molecule has 0 amide bonds. The average Bonchev–Trinajstić information content (AvgIpc) is 2.43. The zero-order valence-electron chi connectivity index (χ0n) is 11.1. The number of rotatable bonds is 3. The molecule has 0 unspecified atom stereocenters. The van der Waals surface area contributed by atoms with Crippen molar-refractivity contribution >= 4 is 21.8 Å². The third-order valence-corrected chi connectivity index (χ3v) is 4.53. The number of piperidine rings is 1. The van der Waals surface area contributed by atoms with Gasteiger partial charge in [0.1, 0.15) is 5.84 Å². The van der Waals surface area contributed by atoms with Crippen LogP contribution in [0, 0.1) is 5.41 Å². The van der Waals surface area contributed by atoms with Gasteiger partial charge in [-0.2, -0.15) is 0 Å². The summed E-state index contributed by atoms with van der Waals surface area (Å²) in [6.45, 7) is 4.98. The minimum absolute atomic E-state index is 0.162. The number of oxime groups is 1. The summed E-state index contributed by atoms with van der Waals surface area (Å²) >= 11 is 3.45. The Morgan fingerprint density at radius 3 is 2.47 bits per heavy atom. The number of nitrogens with two attached hydrogens (primary N) is 1. The van der Waals surface area contributed by atoms with E-state index in [2.05, 4.69) is 57.2 Å². The topological polar surface area (TPSA) is 61.9 Å². The number of likely N-dealkylation sites (tertiary alicyclic amines) is 1. The van der Waals surface area contributed by atoms with E-state index in [1.54, 1.807) is 0 Å². The number of hydrogen-bond acceptors (Lipinski definition) is 3. The molecule has 1 saturated heterocycles. The van der Waals surface area contributed by atoms with Crippen LogP contribution in [-0.2, 0) is 6.54 Å². The highest BCUT2D eigenvalue weighted by Gasteiger charge is 2.34. The normalized spacial score (nSPS) is 20.4. The van der Waals surface area contributed by atoms with Crippen molar-refractivity contribution in [2.45, 2.75) is 26.3 Å². The predicted molar refractivity (Wildman–Crippen MR) is 80.2 cm³/mol. The number of nitrogens with zero attached hydrogens (tertiary/aromatic N) is 2. The molecule has 1 aromatic carbocycles. The molecule has 0 radical (unpaired) electrons. The molecule has 0 bridgehead atoms. The highest BCUT2D eigenvalue weighted by atomic mass is 79.9. The summed E-state index contributed by atoms with van der Waals surface area (Å²) in [6.07, 6.45) is 1.86. The van der Waals surface area contributed by atoms with Gasteiger partial charge < -0.3 is 10.9 Å². The van der Waals surface area contributed by atoms with Crippen molar-refractivity contribution < 1.29 is 5.21 Å². The Kier molecular flexibility index (Phi) is 4.47. The lowest BCUT2D eigenvalue weighted by Gasteiger charge is -2.38. The van der Waals surface area contributed by atoms with Crippen LogP contribution in [0.3, 0.4) is 0 Å². The second-order valence-corrected chi connectivity index (χ2v) is 6.36. The molecule has 1 aromatic rings. The van der Waals surface area contributed by atoms with E-state index in [0.717, 1.165) is 36.9 Å². The molecule has 1 heterocycles. The van der Waals surface area contributed by atoms with Gasteiger partial charge in [-0.25, -0.2) is 0 Å². The number of amidine groups is 1. The van der Waals surface area contributed by atoms with Gasteiger partial charge in [0.2, 0.25) is 0 Å². The van der Waals surface area contributed by atoms with Gasteiger partial charge in [0.25, 0.3) is 0 Å². The maximum atomic E-state index is 8.82. The third kappa shape index (κ3) is 3.48. The summed E-state index contributed by atoms with van der Waals surface area (Å²) in [4.78, 5) is 2.41. The second kappa shape index (κ2) is 5.92. The standard InChI is InChI=1S/C14H20BrN3O/c1-14(13(16)17-19)6-8-18(9-7-14)10-11-2-4-12(15)5-3-11/h2-5,19H,6-10H2,1H3,(H2,16,17). The molecular weight excluding hydrogens is 306 g/mol. The quantitative estimate of drug-likeness (QED) is 0.389. The van der Waals surface area contributed by atoms with E-state index in [0.29, 0.717) is 5.84 Å². The molecule has 2 rings (SSSR count). The van der Waals surface area contributed by atoms with Gasteiger partial charge in [-0.3, -0.25) is 4.90 Å². The van der Waals surface area contributed by atoms with Crippen molar-refractivity contribution in [3.63, 3.8) is 0 Å². The molecule has 1 aliphatic rings. The van der Waals surface area contributed by atoms with Gasteiger partial charge in [-0.15, -0.1) is 0 Å². The minimum atomic E-state index is -0.162. The first-order chi connectivity index (χ1) is 9.03. The fourth-order valence-electron chi connectivity index (χ4n) is 2.43. The monoisotopic (exact) mass is 325 g/mol. The summed E-state index contributed by atoms with van der Waals surface area (Å²) in [5.74, 6) is 0.357. The van der Waals surface area contributed by atoms with Crippen LogP contribution in [-0.4, -0.2) is 29.0 Å². The van der Waals surface area contributed by atoms with Crippen LogP contribution < -0.4 is 5.73 Å². The van der Waals surface area contributed by atoms with Crippen molar-refractivity contribution in [2.75, 3.05) is 13.1 Å². The van der Waals surface area contributed by atoms with E-state index in [1.807, 2.05) is 0 Å². The van der Waals surface area contributed by atoms with E-state index >= 15 is 0 Å². The van der Waals surface area contributed by atoms with Gasteiger partial charge in [0.15, 0.2) is 0 Å². The van der Waals surface area contributed by atoms with Crippen LogP contribution in [0.5, 0.6) is 0 Å². The van der Waals surface area contributed by atoms with E-state index in [4.69, 9.17) is 10.9 Å². The van der Waals surface area contributed by atoms with Crippen LogP contribution in [0.15, 0.2) is 33.9 Å². The highest BCUT2D eigenvalue weighted by Crippen LogP contribution is 2.31. The van der Waals surface area contributed by atoms with Gasteiger partial charge in [0, 0.05) is 16.4 Å². The van der Waals surface area contributed by atoms with Crippen LogP contribution in [0.2, 0.25) is 0 Å². The summed E-state index contributed by atoms with van der Waals surface area (Å²) in [6, 6.07) is 8.42. The molecule has 104 valence electrons. The smallest absolute Gasteiger partial charge is 0.145 e. The molecule has 0 atom stereocenters. The molecule has 4 nitrogen and oxygen atoms in total. The van der Waals surface area contributed by atoms with Crippen molar-refractivity contribution in [1.29, 1.82) is 0 Å². The van der Waals surface area contributed by atoms with Crippen LogP contribution in [0.25, 0.3) is 0 Å². The highest BCUT2D eigenvalue weighted by molar-refractivity contribution is 9.10. The number of halogens is 1. The summed E-state index contributed by atoms with van der Waals surface area (Å²) in [5, 5.41) is 12.0. The summed E-state index contributed by atoms with van der Waals surface area (Å²) in [7, 11) is 0. The fourth-order valence-corrected chi connectivity index (χ4v) is 2.69. The zero-order valence-corrected chi connectivity index (χ0v) is 12.7. The lowest BCUT2D eigenvalue weighted by atomic mass is 9.79. The molecule has 3 N–H and O–H groups in total. The van der Waals surface area contributed by atoms with Crippen LogP contribution in [0.1, 0.15) is 25.3 Å². The van der Waals surface area contributed by atoms with Gasteiger partial charge in [-0.1, -0.05) is 40.1 Å². The number of hydrogen-bond donors (Lipinski definition) is 2. The lowest BCUT2D eigenvalue weighted by molar-refractivity contribution is 0.153. The predicted octanol–water partition coefficient (Wildman–Crippen LogP) is 2.80. The molecule has 0 aliphatic carbocycles. The first kappa shape index (κ1) is 14.3. The Balaban J connectivity index is 1.92. The van der Waals surface area contributed by atoms with E-state index in [1.165, 1.54) is 5.56 Å². The fraction of sp³-hybridized carbons (Fsp3) is 0.500. The molecule has 0 saturated carbocycles. The van der Waals surface area contributed by atoms with Crippen molar-refractivity contribution in [1.82, 2.24) is 4.90 Å². The van der Waals surface area contributed by atoms with Crippen LogP contribution in [0.4, 0.5) is 0 Å². The maximum absolute atomic E-state index is 8.82. The molecule has 1 aliphatic heterocycles. The van der Waals surface area contributed by atoms with Gasteiger partial charge in [0.05, 0.1) is 0 Å². The Bertz CT molecular complexity index is 450. The largest absolute Gasteiger partial charge is 0.409 e. The van der Waals surface area contributed by atoms with E-state index < -0.39 is 0 Å². The van der Waals surface area contributed by atoms with E-state index in [9.17, 15) is 0 Å². The maximum Gasteiger partial charge on any atom is 0.145 e. The average molecular weight is 326 g/mol. The van der Waals surface area contributed by atoms with Crippen molar-refractivity contribution in [2.24, 2.45) is 16.3 Å².